The molecule has 0 bridgehead atoms. The van der Waals surface area contributed by atoms with Gasteiger partial charge in [-0.1, -0.05) is 27.7 Å². The van der Waals surface area contributed by atoms with Gasteiger partial charge in [0, 0.05) is 18.3 Å². The second kappa shape index (κ2) is 4.04. The predicted octanol–water partition coefficient (Wildman–Crippen LogP) is 2.87. The summed E-state index contributed by atoms with van der Waals surface area (Å²) in [5, 5.41) is 0. The highest BCUT2D eigenvalue weighted by molar-refractivity contribution is 5.88. The van der Waals surface area contributed by atoms with Gasteiger partial charge < -0.3 is 4.57 Å². The third-order valence-electron chi connectivity index (χ3n) is 3.45. The minimum Gasteiger partial charge on any atom is -0.325 e. The van der Waals surface area contributed by atoms with Crippen molar-refractivity contribution >= 4 is 5.78 Å². The van der Waals surface area contributed by atoms with E-state index in [0.29, 0.717) is 0 Å². The Balaban J connectivity index is 2.98. The maximum atomic E-state index is 12.5. The topological polar surface area (TPSA) is 34.9 Å². The van der Waals surface area contributed by atoms with E-state index in [4.69, 9.17) is 0 Å². The Morgan fingerprint density at radius 1 is 1.25 bits per heavy atom. The first-order valence-electron chi connectivity index (χ1n) is 5.70. The number of ketones is 1. The summed E-state index contributed by atoms with van der Waals surface area (Å²) in [6, 6.07) is 0. The molecule has 0 aliphatic heterocycles. The molecule has 1 unspecified atom stereocenters. The first-order chi connectivity index (χ1) is 7.17. The van der Waals surface area contributed by atoms with Gasteiger partial charge in [0.05, 0.1) is 11.9 Å². The highest BCUT2D eigenvalue weighted by atomic mass is 16.1. The summed E-state index contributed by atoms with van der Waals surface area (Å²) in [5.41, 5.74) is -0.530. The van der Waals surface area contributed by atoms with Crippen LogP contribution in [0.1, 0.15) is 41.5 Å². The largest absolute Gasteiger partial charge is 0.325 e. The molecule has 16 heavy (non-hydrogen) atoms. The van der Waals surface area contributed by atoms with Crippen molar-refractivity contribution in [2.45, 2.75) is 47.1 Å². The van der Waals surface area contributed by atoms with E-state index in [1.54, 1.807) is 12.5 Å². The van der Waals surface area contributed by atoms with Crippen LogP contribution in [0.25, 0.3) is 0 Å². The molecule has 3 nitrogen and oxygen atoms in total. The second-order valence-corrected chi connectivity index (χ2v) is 5.98. The quantitative estimate of drug-likeness (QED) is 0.788. The van der Waals surface area contributed by atoms with Crippen LogP contribution in [0.4, 0.5) is 0 Å². The summed E-state index contributed by atoms with van der Waals surface area (Å²) in [5.74, 6) is 0.267. The van der Waals surface area contributed by atoms with Crippen LogP contribution in [-0.4, -0.2) is 15.3 Å². The monoisotopic (exact) mass is 222 g/mol. The van der Waals surface area contributed by atoms with Gasteiger partial charge in [-0.15, -0.1) is 0 Å². The number of nitrogens with zero attached hydrogens (tertiary/aromatic N) is 2. The average molecular weight is 222 g/mol. The molecule has 1 heterocycles. The van der Waals surface area contributed by atoms with Crippen LogP contribution in [0.2, 0.25) is 0 Å². The van der Waals surface area contributed by atoms with Gasteiger partial charge in [0.15, 0.2) is 5.78 Å². The van der Waals surface area contributed by atoms with Crippen LogP contribution in [0.3, 0.4) is 0 Å². The van der Waals surface area contributed by atoms with Crippen molar-refractivity contribution in [3.63, 3.8) is 0 Å². The normalized spacial score (nSPS) is 14.9. The van der Waals surface area contributed by atoms with Crippen molar-refractivity contribution in [1.82, 2.24) is 9.55 Å². The molecular weight excluding hydrogens is 200 g/mol. The number of carbonyl (C=O) groups is 1. The maximum absolute atomic E-state index is 12.5. The number of hydrogen-bond acceptors (Lipinski definition) is 2. The van der Waals surface area contributed by atoms with Crippen LogP contribution in [0, 0.1) is 11.3 Å². The summed E-state index contributed by atoms with van der Waals surface area (Å²) in [6.45, 7) is 12.2. The number of Topliss-reactive ketones (excluding diaryl/α,β-unsaturated/α-hetero) is 1. The Bertz CT molecular complexity index is 358. The van der Waals surface area contributed by atoms with E-state index < -0.39 is 5.54 Å². The molecule has 0 spiro atoms. The molecule has 3 heteroatoms. The SMILES string of the molecule is CC(C(=O)C(C)(C)n1ccnc1)C(C)(C)C. The molecule has 0 fully saturated rings. The lowest BCUT2D eigenvalue weighted by molar-refractivity contribution is -0.132. The minimum atomic E-state index is -0.525. The van der Waals surface area contributed by atoms with E-state index in [2.05, 4.69) is 25.8 Å². The Morgan fingerprint density at radius 3 is 2.19 bits per heavy atom. The first-order valence-corrected chi connectivity index (χ1v) is 5.70. The highest BCUT2D eigenvalue weighted by Crippen LogP contribution is 2.32. The molecule has 0 aliphatic carbocycles. The number of rotatable bonds is 3. The van der Waals surface area contributed by atoms with Crippen LogP contribution in [0.5, 0.6) is 0 Å². The van der Waals surface area contributed by atoms with Crippen molar-refractivity contribution in [1.29, 1.82) is 0 Å². The van der Waals surface area contributed by atoms with Gasteiger partial charge in [0.1, 0.15) is 0 Å². The molecule has 0 aromatic carbocycles. The Labute approximate surface area is 97.9 Å². The molecule has 0 saturated carbocycles. The number of hydrogen-bond donors (Lipinski definition) is 0. The lowest BCUT2D eigenvalue weighted by atomic mass is 9.74. The molecule has 0 N–H and O–H groups in total. The Morgan fingerprint density at radius 2 is 1.81 bits per heavy atom. The van der Waals surface area contributed by atoms with Crippen molar-refractivity contribution < 1.29 is 4.79 Å². The zero-order chi connectivity index (χ0) is 12.6. The second-order valence-electron chi connectivity index (χ2n) is 5.98. The predicted molar refractivity (Wildman–Crippen MR) is 65.2 cm³/mol. The van der Waals surface area contributed by atoms with E-state index in [-0.39, 0.29) is 17.1 Å². The maximum Gasteiger partial charge on any atom is 0.161 e. The van der Waals surface area contributed by atoms with Gasteiger partial charge >= 0.3 is 0 Å². The molecule has 1 rings (SSSR count). The zero-order valence-corrected chi connectivity index (χ0v) is 11.1. The van der Waals surface area contributed by atoms with Gasteiger partial charge in [-0.05, 0) is 19.3 Å². The van der Waals surface area contributed by atoms with Crippen molar-refractivity contribution in [2.24, 2.45) is 11.3 Å². The average Bonchev–Trinajstić information content (AvgIpc) is 2.67. The summed E-state index contributed by atoms with van der Waals surface area (Å²) >= 11 is 0. The molecular formula is C13H22N2O. The van der Waals surface area contributed by atoms with E-state index in [0.717, 1.165) is 0 Å². The van der Waals surface area contributed by atoms with Crippen LogP contribution in [0.15, 0.2) is 18.7 Å². The third kappa shape index (κ3) is 2.34. The van der Waals surface area contributed by atoms with E-state index in [1.807, 2.05) is 31.5 Å². The van der Waals surface area contributed by atoms with Gasteiger partial charge in [-0.2, -0.15) is 0 Å². The molecule has 90 valence electrons. The number of imidazole rings is 1. The van der Waals surface area contributed by atoms with Crippen LogP contribution < -0.4 is 0 Å². The van der Waals surface area contributed by atoms with Crippen molar-refractivity contribution in [3.05, 3.63) is 18.7 Å². The summed E-state index contributed by atoms with van der Waals surface area (Å²) in [4.78, 5) is 16.5. The van der Waals surface area contributed by atoms with Gasteiger partial charge in [-0.3, -0.25) is 4.79 Å². The van der Waals surface area contributed by atoms with E-state index in [1.165, 1.54) is 0 Å². The van der Waals surface area contributed by atoms with Gasteiger partial charge in [0.2, 0.25) is 0 Å². The molecule has 1 aromatic rings. The summed E-state index contributed by atoms with van der Waals surface area (Å²) < 4.78 is 1.87. The van der Waals surface area contributed by atoms with Crippen LogP contribution >= 0.6 is 0 Å². The number of aromatic nitrogens is 2. The van der Waals surface area contributed by atoms with Crippen LogP contribution in [-0.2, 0) is 10.3 Å². The van der Waals surface area contributed by atoms with Crippen molar-refractivity contribution in [2.75, 3.05) is 0 Å². The van der Waals surface area contributed by atoms with Crippen molar-refractivity contribution in [3.8, 4) is 0 Å². The standard InChI is InChI=1S/C13H22N2O/c1-10(12(2,3)4)11(16)13(5,6)15-8-7-14-9-15/h7-10H,1-6H3. The lowest BCUT2D eigenvalue weighted by Gasteiger charge is -2.34. The lowest BCUT2D eigenvalue weighted by Crippen LogP contribution is -2.42. The van der Waals surface area contributed by atoms with E-state index in [9.17, 15) is 4.79 Å². The smallest absolute Gasteiger partial charge is 0.161 e. The molecule has 1 aromatic heterocycles. The Hall–Kier alpha value is -1.12. The third-order valence-corrected chi connectivity index (χ3v) is 3.45. The number of carbonyl (C=O) groups excluding carboxylic acids is 1. The fourth-order valence-electron chi connectivity index (χ4n) is 1.64. The summed E-state index contributed by atoms with van der Waals surface area (Å²) in [7, 11) is 0. The molecule has 0 radical (unpaired) electrons. The molecule has 0 aliphatic rings. The molecule has 0 amide bonds. The van der Waals surface area contributed by atoms with Gasteiger partial charge in [-0.25, -0.2) is 4.98 Å². The summed E-state index contributed by atoms with van der Waals surface area (Å²) in [6.07, 6.45) is 5.25. The first kappa shape index (κ1) is 12.9. The highest BCUT2D eigenvalue weighted by Gasteiger charge is 2.37. The Kier molecular flexibility index (Phi) is 3.27. The zero-order valence-electron chi connectivity index (χ0n) is 11.1. The minimum absolute atomic E-state index is 0.00503. The molecule has 1 atom stereocenters. The fourth-order valence-corrected chi connectivity index (χ4v) is 1.64. The molecule has 0 saturated heterocycles. The van der Waals surface area contributed by atoms with Gasteiger partial charge in [0.25, 0.3) is 0 Å². The van der Waals surface area contributed by atoms with E-state index >= 15 is 0 Å². The fraction of sp³-hybridized carbons (Fsp3) is 0.692.